The zero-order chi connectivity index (χ0) is 19.3. The highest BCUT2D eigenvalue weighted by Crippen LogP contribution is 2.22. The van der Waals surface area contributed by atoms with E-state index >= 15 is 0 Å². The van der Waals surface area contributed by atoms with Crippen LogP contribution in [-0.4, -0.2) is 31.7 Å². The molecule has 0 atom stereocenters. The molecular formula is C17H17ClF2N2O3S. The Balaban J connectivity index is 2.05. The molecule has 0 heterocycles. The molecule has 2 rings (SSSR count). The normalized spacial score (nSPS) is 11.6. The molecule has 0 spiro atoms. The first-order valence-electron chi connectivity index (χ1n) is 7.70. The molecule has 140 valence electrons. The summed E-state index contributed by atoms with van der Waals surface area (Å²) < 4.78 is 52.2. The summed E-state index contributed by atoms with van der Waals surface area (Å²) in [6, 6.07) is 8.62. The molecule has 2 aromatic carbocycles. The smallest absolute Gasteiger partial charge is 0.243 e. The first-order chi connectivity index (χ1) is 12.2. The third-order valence-electron chi connectivity index (χ3n) is 3.60. The van der Waals surface area contributed by atoms with Gasteiger partial charge in [-0.15, -0.1) is 0 Å². The molecule has 9 heteroatoms. The number of nitrogens with one attached hydrogen (secondary N) is 1. The van der Waals surface area contributed by atoms with Gasteiger partial charge in [0.1, 0.15) is 11.6 Å². The zero-order valence-electron chi connectivity index (χ0n) is 13.9. The van der Waals surface area contributed by atoms with Crippen molar-refractivity contribution in [1.29, 1.82) is 0 Å². The standard InChI is InChI=1S/C17H17ClF2N2O3S/c1-2-22(26(24,25)14-7-8-16(20)15(18)9-14)11-17(23)21-10-12-3-5-13(19)6-4-12/h3-9H,2,10-11H2,1H3,(H,21,23). The van der Waals surface area contributed by atoms with Gasteiger partial charge in [0.2, 0.25) is 15.9 Å². The number of carbonyl (C=O) groups excluding carboxylic acids is 1. The number of hydrogen-bond donors (Lipinski definition) is 1. The maximum absolute atomic E-state index is 13.2. The lowest BCUT2D eigenvalue weighted by Gasteiger charge is -2.20. The third-order valence-corrected chi connectivity index (χ3v) is 5.81. The van der Waals surface area contributed by atoms with Crippen LogP contribution in [0.25, 0.3) is 0 Å². The van der Waals surface area contributed by atoms with Crippen molar-refractivity contribution < 1.29 is 22.0 Å². The van der Waals surface area contributed by atoms with Crippen LogP contribution in [0.5, 0.6) is 0 Å². The minimum absolute atomic E-state index is 0.0430. The number of carbonyl (C=O) groups is 1. The van der Waals surface area contributed by atoms with Crippen LogP contribution in [0.3, 0.4) is 0 Å². The van der Waals surface area contributed by atoms with Crippen molar-refractivity contribution in [2.24, 2.45) is 0 Å². The maximum Gasteiger partial charge on any atom is 0.243 e. The van der Waals surface area contributed by atoms with Crippen molar-refractivity contribution in [1.82, 2.24) is 9.62 Å². The highest BCUT2D eigenvalue weighted by atomic mass is 35.5. The van der Waals surface area contributed by atoms with Gasteiger partial charge in [-0.25, -0.2) is 17.2 Å². The second-order valence-corrected chi connectivity index (χ2v) is 7.76. The minimum atomic E-state index is -4.00. The Hall–Kier alpha value is -2.03. The SMILES string of the molecule is CCN(CC(=O)NCc1ccc(F)cc1)S(=O)(=O)c1ccc(F)c(Cl)c1. The van der Waals surface area contributed by atoms with E-state index in [0.29, 0.717) is 5.56 Å². The van der Waals surface area contributed by atoms with Crippen molar-refractivity contribution in [2.75, 3.05) is 13.1 Å². The molecule has 5 nitrogen and oxygen atoms in total. The molecule has 0 aliphatic rings. The molecule has 0 unspecified atom stereocenters. The molecule has 0 aliphatic carbocycles. The summed E-state index contributed by atoms with van der Waals surface area (Å²) in [7, 11) is -4.00. The lowest BCUT2D eigenvalue weighted by Crippen LogP contribution is -2.40. The van der Waals surface area contributed by atoms with Gasteiger partial charge in [0.25, 0.3) is 0 Å². The van der Waals surface area contributed by atoms with E-state index < -0.39 is 28.3 Å². The van der Waals surface area contributed by atoms with Crippen LogP contribution in [0, 0.1) is 11.6 Å². The predicted octanol–water partition coefficient (Wildman–Crippen LogP) is 2.95. The first kappa shape index (κ1) is 20.3. The fourth-order valence-corrected chi connectivity index (χ4v) is 3.85. The quantitative estimate of drug-likeness (QED) is 0.774. The summed E-state index contributed by atoms with van der Waals surface area (Å²) in [6.07, 6.45) is 0. The van der Waals surface area contributed by atoms with E-state index in [2.05, 4.69) is 5.32 Å². The summed E-state index contributed by atoms with van der Waals surface area (Å²) in [5.41, 5.74) is 0.677. The molecule has 0 fully saturated rings. The van der Waals surface area contributed by atoms with E-state index in [1.165, 1.54) is 24.3 Å². The van der Waals surface area contributed by atoms with Crippen molar-refractivity contribution in [3.63, 3.8) is 0 Å². The van der Waals surface area contributed by atoms with Gasteiger partial charge in [0.15, 0.2) is 0 Å². The van der Waals surface area contributed by atoms with Gasteiger partial charge in [-0.05, 0) is 35.9 Å². The number of rotatable bonds is 7. The highest BCUT2D eigenvalue weighted by molar-refractivity contribution is 7.89. The average molecular weight is 403 g/mol. The number of hydrogen-bond acceptors (Lipinski definition) is 3. The number of nitrogens with zero attached hydrogens (tertiary/aromatic N) is 1. The topological polar surface area (TPSA) is 66.5 Å². The van der Waals surface area contributed by atoms with E-state index in [-0.39, 0.29) is 28.8 Å². The molecule has 1 N–H and O–H groups in total. The van der Waals surface area contributed by atoms with Gasteiger partial charge < -0.3 is 5.32 Å². The summed E-state index contributed by atoms with van der Waals surface area (Å²) in [5.74, 6) is -1.64. The van der Waals surface area contributed by atoms with E-state index in [1.54, 1.807) is 6.92 Å². The lowest BCUT2D eigenvalue weighted by molar-refractivity contribution is -0.121. The summed E-state index contributed by atoms with van der Waals surface area (Å²) in [6.45, 7) is 1.35. The van der Waals surface area contributed by atoms with Gasteiger partial charge in [-0.2, -0.15) is 4.31 Å². The number of sulfonamides is 1. The van der Waals surface area contributed by atoms with Crippen molar-refractivity contribution >= 4 is 27.5 Å². The summed E-state index contributed by atoms with van der Waals surface area (Å²) in [5, 5.41) is 2.26. The fraction of sp³-hybridized carbons (Fsp3) is 0.235. The summed E-state index contributed by atoms with van der Waals surface area (Å²) >= 11 is 5.64. The van der Waals surface area contributed by atoms with Gasteiger partial charge in [-0.1, -0.05) is 30.7 Å². The van der Waals surface area contributed by atoms with Gasteiger partial charge in [-0.3, -0.25) is 4.79 Å². The van der Waals surface area contributed by atoms with E-state index in [0.717, 1.165) is 22.5 Å². The van der Waals surface area contributed by atoms with Crippen molar-refractivity contribution in [3.8, 4) is 0 Å². The fourth-order valence-electron chi connectivity index (χ4n) is 2.17. The van der Waals surface area contributed by atoms with E-state index in [9.17, 15) is 22.0 Å². The van der Waals surface area contributed by atoms with Gasteiger partial charge in [0.05, 0.1) is 16.5 Å². The second-order valence-electron chi connectivity index (χ2n) is 5.41. The second kappa shape index (κ2) is 8.57. The molecule has 0 saturated heterocycles. The van der Waals surface area contributed by atoms with Crippen LogP contribution in [0.4, 0.5) is 8.78 Å². The molecule has 1 amide bonds. The molecule has 0 bridgehead atoms. The van der Waals surface area contributed by atoms with Crippen LogP contribution >= 0.6 is 11.6 Å². The number of amides is 1. The molecule has 26 heavy (non-hydrogen) atoms. The number of halogens is 3. The number of benzene rings is 2. The van der Waals surface area contributed by atoms with E-state index in [1.807, 2.05) is 0 Å². The molecule has 0 radical (unpaired) electrons. The molecule has 2 aromatic rings. The van der Waals surface area contributed by atoms with Gasteiger partial charge in [0, 0.05) is 13.1 Å². The molecule has 0 saturated carbocycles. The van der Waals surface area contributed by atoms with Crippen LogP contribution < -0.4 is 5.32 Å². The first-order valence-corrected chi connectivity index (χ1v) is 9.52. The monoisotopic (exact) mass is 402 g/mol. The summed E-state index contributed by atoms with van der Waals surface area (Å²) in [4.78, 5) is 11.9. The zero-order valence-corrected chi connectivity index (χ0v) is 15.4. The average Bonchev–Trinajstić information content (AvgIpc) is 2.61. The van der Waals surface area contributed by atoms with Gasteiger partial charge >= 0.3 is 0 Å². The van der Waals surface area contributed by atoms with Crippen LogP contribution in [0.1, 0.15) is 12.5 Å². The Bertz CT molecular complexity index is 889. The maximum atomic E-state index is 13.2. The Morgan fingerprint density at radius 1 is 1.15 bits per heavy atom. The Labute approximate surface area is 155 Å². The van der Waals surface area contributed by atoms with Crippen molar-refractivity contribution in [3.05, 3.63) is 64.7 Å². The Kier molecular flexibility index (Phi) is 6.69. The van der Waals surface area contributed by atoms with Crippen LogP contribution in [0.2, 0.25) is 5.02 Å². The van der Waals surface area contributed by atoms with Crippen molar-refractivity contribution in [2.45, 2.75) is 18.4 Å². The third kappa shape index (κ3) is 5.00. The number of likely N-dealkylation sites (N-methyl/N-ethyl adjacent to an activating group) is 1. The highest BCUT2D eigenvalue weighted by Gasteiger charge is 2.26. The van der Waals surface area contributed by atoms with Crippen LogP contribution in [0.15, 0.2) is 47.4 Å². The Morgan fingerprint density at radius 3 is 2.38 bits per heavy atom. The molecule has 0 aromatic heterocycles. The molecular weight excluding hydrogens is 386 g/mol. The Morgan fingerprint density at radius 2 is 1.81 bits per heavy atom. The van der Waals surface area contributed by atoms with E-state index in [4.69, 9.17) is 11.6 Å². The largest absolute Gasteiger partial charge is 0.351 e. The lowest BCUT2D eigenvalue weighted by atomic mass is 10.2. The predicted molar refractivity (Wildman–Crippen MR) is 94.1 cm³/mol. The minimum Gasteiger partial charge on any atom is -0.351 e. The van der Waals surface area contributed by atoms with Crippen LogP contribution in [-0.2, 0) is 21.4 Å². The molecule has 0 aliphatic heterocycles.